The van der Waals surface area contributed by atoms with Crippen molar-refractivity contribution in [1.82, 2.24) is 0 Å². The highest BCUT2D eigenvalue weighted by molar-refractivity contribution is 5.89. The molecule has 0 saturated carbocycles. The van der Waals surface area contributed by atoms with Crippen LogP contribution in [0, 0.1) is 10.1 Å². The SMILES string of the molecule is CC(CC(=O)O)c1cc(-c2ccc3ccccc3c2)c(OC(C)c2ccc(C(F)(F)F)cc2)c([N+](=O)[O-])c1. The number of rotatable bonds is 8. The van der Waals surface area contributed by atoms with Gasteiger partial charge in [0.15, 0.2) is 0 Å². The Kier molecular flexibility index (Phi) is 7.39. The lowest BCUT2D eigenvalue weighted by Crippen LogP contribution is -2.09. The van der Waals surface area contributed by atoms with Crippen LogP contribution in [0.1, 0.15) is 49.0 Å². The number of fused-ring (bicyclic) bond motifs is 1. The second kappa shape index (κ2) is 10.5. The largest absolute Gasteiger partial charge is 0.481 e. The predicted molar refractivity (Wildman–Crippen MR) is 137 cm³/mol. The quantitative estimate of drug-likeness (QED) is 0.186. The van der Waals surface area contributed by atoms with Crippen molar-refractivity contribution >= 4 is 22.4 Å². The van der Waals surface area contributed by atoms with Gasteiger partial charge in [-0.2, -0.15) is 13.2 Å². The molecule has 0 radical (unpaired) electrons. The van der Waals surface area contributed by atoms with E-state index in [1.54, 1.807) is 26.0 Å². The highest BCUT2D eigenvalue weighted by Gasteiger charge is 2.31. The van der Waals surface area contributed by atoms with Gasteiger partial charge in [-0.05, 0) is 64.6 Å². The van der Waals surface area contributed by atoms with Gasteiger partial charge >= 0.3 is 17.8 Å². The zero-order valence-electron chi connectivity index (χ0n) is 20.5. The van der Waals surface area contributed by atoms with E-state index in [1.165, 1.54) is 18.2 Å². The number of nitro benzene ring substituents is 1. The van der Waals surface area contributed by atoms with Crippen LogP contribution < -0.4 is 4.74 Å². The molecule has 9 heteroatoms. The van der Waals surface area contributed by atoms with Crippen molar-refractivity contribution in [1.29, 1.82) is 0 Å². The summed E-state index contributed by atoms with van der Waals surface area (Å²) in [6, 6.07) is 20.5. The Bertz CT molecular complexity index is 1500. The van der Waals surface area contributed by atoms with Crippen LogP contribution in [-0.2, 0) is 11.0 Å². The summed E-state index contributed by atoms with van der Waals surface area (Å²) < 4.78 is 45.1. The molecule has 2 atom stereocenters. The van der Waals surface area contributed by atoms with E-state index in [9.17, 15) is 33.2 Å². The number of carboxylic acids is 1. The molecule has 0 amide bonds. The van der Waals surface area contributed by atoms with E-state index in [1.807, 2.05) is 36.4 Å². The minimum atomic E-state index is -4.49. The van der Waals surface area contributed by atoms with Crippen LogP contribution in [0.4, 0.5) is 18.9 Å². The van der Waals surface area contributed by atoms with Crippen molar-refractivity contribution in [3.8, 4) is 16.9 Å². The first-order valence-electron chi connectivity index (χ1n) is 11.8. The molecule has 0 heterocycles. The number of halogens is 3. The van der Waals surface area contributed by atoms with Gasteiger partial charge in [0.05, 0.1) is 16.9 Å². The lowest BCUT2D eigenvalue weighted by molar-refractivity contribution is -0.386. The van der Waals surface area contributed by atoms with E-state index >= 15 is 0 Å². The molecule has 4 aromatic carbocycles. The Morgan fingerprint density at radius 2 is 1.61 bits per heavy atom. The first-order valence-corrected chi connectivity index (χ1v) is 11.8. The van der Waals surface area contributed by atoms with Crippen molar-refractivity contribution in [2.45, 2.75) is 38.5 Å². The van der Waals surface area contributed by atoms with E-state index in [0.29, 0.717) is 22.3 Å². The first-order chi connectivity index (χ1) is 17.9. The minimum Gasteiger partial charge on any atom is -0.481 e. The van der Waals surface area contributed by atoms with Gasteiger partial charge in [-0.15, -0.1) is 0 Å². The van der Waals surface area contributed by atoms with E-state index in [0.717, 1.165) is 22.9 Å². The molecule has 2 unspecified atom stereocenters. The summed E-state index contributed by atoms with van der Waals surface area (Å²) in [5.41, 5.74) is 0.688. The number of aliphatic carboxylic acids is 1. The molecule has 0 aliphatic rings. The van der Waals surface area contributed by atoms with Gasteiger partial charge in [-0.1, -0.05) is 55.5 Å². The molecule has 4 aromatic rings. The zero-order chi connectivity index (χ0) is 27.6. The third-order valence-corrected chi connectivity index (χ3v) is 6.40. The topological polar surface area (TPSA) is 89.7 Å². The molecule has 4 rings (SSSR count). The number of alkyl halides is 3. The third-order valence-electron chi connectivity index (χ3n) is 6.40. The average Bonchev–Trinajstić information content (AvgIpc) is 2.87. The van der Waals surface area contributed by atoms with Gasteiger partial charge in [0.1, 0.15) is 6.10 Å². The highest BCUT2D eigenvalue weighted by atomic mass is 19.4. The minimum absolute atomic E-state index is 0.0519. The smallest absolute Gasteiger partial charge is 0.416 e. The maximum absolute atomic E-state index is 13.0. The second-order valence-electron chi connectivity index (χ2n) is 9.11. The Balaban J connectivity index is 1.85. The van der Waals surface area contributed by atoms with Gasteiger partial charge < -0.3 is 9.84 Å². The molecule has 0 spiro atoms. The Morgan fingerprint density at radius 3 is 2.21 bits per heavy atom. The summed E-state index contributed by atoms with van der Waals surface area (Å²) in [5.74, 6) is -1.61. The maximum atomic E-state index is 13.0. The number of hydrogen-bond donors (Lipinski definition) is 1. The number of carbonyl (C=O) groups is 1. The maximum Gasteiger partial charge on any atom is 0.416 e. The van der Waals surface area contributed by atoms with Crippen LogP contribution in [-0.4, -0.2) is 16.0 Å². The number of nitrogens with zero attached hydrogens (tertiary/aromatic N) is 1. The molecule has 0 aliphatic carbocycles. The second-order valence-corrected chi connectivity index (χ2v) is 9.11. The molecular formula is C29H24F3NO5. The van der Waals surface area contributed by atoms with Gasteiger partial charge in [0, 0.05) is 11.6 Å². The van der Waals surface area contributed by atoms with Gasteiger partial charge in [0.2, 0.25) is 5.75 Å². The van der Waals surface area contributed by atoms with Gasteiger partial charge in [0.25, 0.3) is 0 Å². The molecule has 0 fully saturated rings. The lowest BCUT2D eigenvalue weighted by Gasteiger charge is -2.21. The molecule has 0 aromatic heterocycles. The normalized spacial score (nSPS) is 13.2. The zero-order valence-corrected chi connectivity index (χ0v) is 20.5. The van der Waals surface area contributed by atoms with Crippen molar-refractivity contribution in [3.63, 3.8) is 0 Å². The number of ether oxygens (including phenoxy) is 1. The Labute approximate surface area is 216 Å². The number of carboxylic acid groups (broad SMARTS) is 1. The molecule has 38 heavy (non-hydrogen) atoms. The van der Waals surface area contributed by atoms with Crippen molar-refractivity contribution in [3.05, 3.63) is 106 Å². The van der Waals surface area contributed by atoms with Gasteiger partial charge in [-0.3, -0.25) is 14.9 Å². The lowest BCUT2D eigenvalue weighted by atomic mass is 9.91. The van der Waals surface area contributed by atoms with E-state index in [2.05, 4.69) is 0 Å². The molecule has 6 nitrogen and oxygen atoms in total. The molecule has 0 saturated heterocycles. The van der Waals surface area contributed by atoms with Crippen LogP contribution in [0.25, 0.3) is 21.9 Å². The summed E-state index contributed by atoms with van der Waals surface area (Å²) >= 11 is 0. The summed E-state index contributed by atoms with van der Waals surface area (Å²) in [6.07, 6.45) is -5.54. The summed E-state index contributed by atoms with van der Waals surface area (Å²) in [7, 11) is 0. The van der Waals surface area contributed by atoms with E-state index in [4.69, 9.17) is 4.74 Å². The van der Waals surface area contributed by atoms with Crippen molar-refractivity contribution in [2.75, 3.05) is 0 Å². The van der Waals surface area contributed by atoms with Crippen LogP contribution in [0.2, 0.25) is 0 Å². The average molecular weight is 524 g/mol. The van der Waals surface area contributed by atoms with Gasteiger partial charge in [-0.25, -0.2) is 0 Å². The van der Waals surface area contributed by atoms with Crippen LogP contribution in [0.5, 0.6) is 5.75 Å². The van der Waals surface area contributed by atoms with Crippen molar-refractivity contribution in [2.24, 2.45) is 0 Å². The van der Waals surface area contributed by atoms with Crippen molar-refractivity contribution < 1.29 is 32.7 Å². The number of hydrogen-bond acceptors (Lipinski definition) is 4. The molecule has 1 N–H and O–H groups in total. The molecule has 196 valence electrons. The summed E-state index contributed by atoms with van der Waals surface area (Å²) in [5, 5.41) is 23.3. The highest BCUT2D eigenvalue weighted by Crippen LogP contribution is 2.44. The first kappa shape index (κ1) is 26.7. The van der Waals surface area contributed by atoms with Crippen LogP contribution in [0.15, 0.2) is 78.9 Å². The fourth-order valence-corrected chi connectivity index (χ4v) is 4.32. The standard InChI is InChI=1S/C29H24F3NO5/c1-17(13-27(34)35)23-15-25(22-8-7-20-5-3-4-6-21(20)14-22)28(26(16-23)33(36)37)38-18(2)19-9-11-24(12-10-19)29(30,31)32/h3-12,14-18H,13H2,1-2H3,(H,34,35). The third kappa shape index (κ3) is 5.77. The number of benzene rings is 4. The predicted octanol–water partition coefficient (Wildman–Crippen LogP) is 8.15. The Hall–Kier alpha value is -4.40. The van der Waals surface area contributed by atoms with E-state index < -0.39 is 34.7 Å². The summed E-state index contributed by atoms with van der Waals surface area (Å²) in [4.78, 5) is 22.9. The van der Waals surface area contributed by atoms with E-state index in [-0.39, 0.29) is 17.9 Å². The fourth-order valence-electron chi connectivity index (χ4n) is 4.32. The Morgan fingerprint density at radius 1 is 0.947 bits per heavy atom. The molecule has 0 aliphatic heterocycles. The monoisotopic (exact) mass is 523 g/mol. The summed E-state index contributed by atoms with van der Waals surface area (Å²) in [6.45, 7) is 3.26. The fraction of sp³-hybridized carbons (Fsp3) is 0.207. The van der Waals surface area contributed by atoms with Crippen LogP contribution >= 0.6 is 0 Å². The number of nitro groups is 1. The molecule has 0 bridgehead atoms. The molecular weight excluding hydrogens is 499 g/mol. The van der Waals surface area contributed by atoms with Crippen LogP contribution in [0.3, 0.4) is 0 Å².